The molecule has 0 aromatic carbocycles. The van der Waals surface area contributed by atoms with Crippen molar-refractivity contribution in [3.05, 3.63) is 18.5 Å². The first-order valence-corrected chi connectivity index (χ1v) is 6.12. The van der Waals surface area contributed by atoms with Crippen LogP contribution in [-0.2, 0) is 0 Å². The molecule has 0 unspecified atom stereocenters. The number of piperazine rings is 1. The first-order valence-electron chi connectivity index (χ1n) is 6.12. The van der Waals surface area contributed by atoms with Gasteiger partial charge in [-0.3, -0.25) is 9.88 Å². The van der Waals surface area contributed by atoms with Crippen LogP contribution < -0.4 is 10.2 Å². The number of hydrogen-bond donors (Lipinski definition) is 1. The second-order valence-electron chi connectivity index (χ2n) is 5.34. The molecule has 94 valence electrons. The second kappa shape index (κ2) is 4.53. The number of nitrogens with zero attached hydrogens (tertiary/aromatic N) is 3. The fourth-order valence-corrected chi connectivity index (χ4v) is 2.20. The zero-order valence-corrected chi connectivity index (χ0v) is 11.2. The smallest absolute Gasteiger partial charge is 0.0574 e. The van der Waals surface area contributed by atoms with E-state index >= 15 is 0 Å². The van der Waals surface area contributed by atoms with Crippen LogP contribution in [0, 0.1) is 0 Å². The molecule has 0 spiro atoms. The molecule has 1 aromatic heterocycles. The molecule has 1 aliphatic heterocycles. The third-order valence-corrected chi connectivity index (χ3v) is 3.69. The fraction of sp³-hybridized carbons (Fsp3) is 0.615. The number of anilines is 2. The highest BCUT2D eigenvalue weighted by Gasteiger charge is 2.31. The maximum Gasteiger partial charge on any atom is 0.0574 e. The van der Waals surface area contributed by atoms with Crippen molar-refractivity contribution >= 4 is 11.4 Å². The molecule has 2 rings (SSSR count). The van der Waals surface area contributed by atoms with E-state index in [2.05, 4.69) is 47.1 Å². The van der Waals surface area contributed by atoms with Gasteiger partial charge in [0.2, 0.25) is 0 Å². The standard InChI is InChI=1S/C13H22N4/c1-13(2)10-17(6-5-16(13)4)12-7-11(14-3)8-15-9-12/h7-9,14H,5-6,10H2,1-4H3. The molecule has 4 heteroatoms. The van der Waals surface area contributed by atoms with E-state index in [4.69, 9.17) is 0 Å². The molecule has 1 fully saturated rings. The molecule has 0 atom stereocenters. The van der Waals surface area contributed by atoms with E-state index in [1.165, 1.54) is 5.69 Å². The molecule has 0 bridgehead atoms. The topological polar surface area (TPSA) is 31.4 Å². The summed E-state index contributed by atoms with van der Waals surface area (Å²) >= 11 is 0. The SMILES string of the molecule is CNc1cncc(N2CCN(C)C(C)(C)C2)c1. The minimum Gasteiger partial charge on any atom is -0.387 e. The highest BCUT2D eigenvalue weighted by molar-refractivity contribution is 5.55. The van der Waals surface area contributed by atoms with Crippen LogP contribution in [0.4, 0.5) is 11.4 Å². The lowest BCUT2D eigenvalue weighted by molar-refractivity contribution is 0.139. The van der Waals surface area contributed by atoms with Crippen molar-refractivity contribution in [3.63, 3.8) is 0 Å². The van der Waals surface area contributed by atoms with Crippen molar-refractivity contribution in [2.75, 3.05) is 43.9 Å². The van der Waals surface area contributed by atoms with Crippen LogP contribution in [0.25, 0.3) is 0 Å². The van der Waals surface area contributed by atoms with E-state index in [0.717, 1.165) is 25.3 Å². The Morgan fingerprint density at radius 3 is 2.71 bits per heavy atom. The maximum absolute atomic E-state index is 4.28. The van der Waals surface area contributed by atoms with Gasteiger partial charge in [-0.15, -0.1) is 0 Å². The minimum atomic E-state index is 0.216. The largest absolute Gasteiger partial charge is 0.387 e. The first kappa shape index (κ1) is 12.2. The summed E-state index contributed by atoms with van der Waals surface area (Å²) in [5, 5.41) is 3.14. The summed E-state index contributed by atoms with van der Waals surface area (Å²) in [4.78, 5) is 9.11. The number of pyridine rings is 1. The van der Waals surface area contributed by atoms with E-state index in [9.17, 15) is 0 Å². The Labute approximate surface area is 104 Å². The number of likely N-dealkylation sites (N-methyl/N-ethyl adjacent to an activating group) is 1. The maximum atomic E-state index is 4.28. The van der Waals surface area contributed by atoms with Crippen molar-refractivity contribution in [3.8, 4) is 0 Å². The van der Waals surface area contributed by atoms with Crippen LogP contribution in [0.5, 0.6) is 0 Å². The van der Waals surface area contributed by atoms with Crippen LogP contribution >= 0.6 is 0 Å². The summed E-state index contributed by atoms with van der Waals surface area (Å²) in [5.41, 5.74) is 2.49. The van der Waals surface area contributed by atoms with Gasteiger partial charge in [-0.05, 0) is 27.0 Å². The van der Waals surface area contributed by atoms with Gasteiger partial charge in [0.1, 0.15) is 0 Å². The first-order chi connectivity index (χ1) is 8.03. The quantitative estimate of drug-likeness (QED) is 0.843. The van der Waals surface area contributed by atoms with E-state index < -0.39 is 0 Å². The molecule has 0 radical (unpaired) electrons. The number of aromatic nitrogens is 1. The zero-order valence-electron chi connectivity index (χ0n) is 11.2. The Morgan fingerprint density at radius 1 is 1.29 bits per heavy atom. The third kappa shape index (κ3) is 2.52. The van der Waals surface area contributed by atoms with Gasteiger partial charge in [0.25, 0.3) is 0 Å². The van der Waals surface area contributed by atoms with E-state index in [0.29, 0.717) is 0 Å². The molecule has 0 aliphatic carbocycles. The summed E-state index contributed by atoms with van der Waals surface area (Å²) in [6, 6.07) is 2.16. The molecular weight excluding hydrogens is 212 g/mol. The van der Waals surface area contributed by atoms with Crippen molar-refractivity contribution < 1.29 is 0 Å². The van der Waals surface area contributed by atoms with Crippen LogP contribution in [0.1, 0.15) is 13.8 Å². The minimum absolute atomic E-state index is 0.216. The van der Waals surface area contributed by atoms with Gasteiger partial charge in [0.05, 0.1) is 23.8 Å². The molecule has 17 heavy (non-hydrogen) atoms. The number of nitrogens with one attached hydrogen (secondary N) is 1. The highest BCUT2D eigenvalue weighted by atomic mass is 15.3. The average Bonchev–Trinajstić information content (AvgIpc) is 2.32. The van der Waals surface area contributed by atoms with Gasteiger partial charge in [-0.25, -0.2) is 0 Å². The summed E-state index contributed by atoms with van der Waals surface area (Å²) in [5.74, 6) is 0. The van der Waals surface area contributed by atoms with Gasteiger partial charge in [-0.2, -0.15) is 0 Å². The van der Waals surface area contributed by atoms with Crippen LogP contribution in [0.3, 0.4) is 0 Å². The molecule has 1 N–H and O–H groups in total. The molecule has 1 saturated heterocycles. The number of rotatable bonds is 2. The summed E-state index contributed by atoms with van der Waals surface area (Å²) in [6.07, 6.45) is 3.80. The summed E-state index contributed by atoms with van der Waals surface area (Å²) in [6.45, 7) is 7.77. The van der Waals surface area contributed by atoms with Gasteiger partial charge < -0.3 is 10.2 Å². The molecule has 1 aromatic rings. The van der Waals surface area contributed by atoms with Gasteiger partial charge >= 0.3 is 0 Å². The van der Waals surface area contributed by atoms with Crippen LogP contribution in [-0.4, -0.2) is 49.2 Å². The molecule has 0 amide bonds. The third-order valence-electron chi connectivity index (χ3n) is 3.69. The highest BCUT2D eigenvalue weighted by Crippen LogP contribution is 2.25. The van der Waals surface area contributed by atoms with E-state index in [1.807, 2.05) is 19.4 Å². The van der Waals surface area contributed by atoms with Crippen molar-refractivity contribution in [2.45, 2.75) is 19.4 Å². The fourth-order valence-electron chi connectivity index (χ4n) is 2.20. The van der Waals surface area contributed by atoms with Gasteiger partial charge in [0, 0.05) is 32.2 Å². The van der Waals surface area contributed by atoms with Gasteiger partial charge in [0.15, 0.2) is 0 Å². The summed E-state index contributed by atoms with van der Waals surface area (Å²) in [7, 11) is 4.12. The lowest BCUT2D eigenvalue weighted by Gasteiger charge is -2.46. The van der Waals surface area contributed by atoms with Gasteiger partial charge in [-0.1, -0.05) is 0 Å². The van der Waals surface area contributed by atoms with E-state index in [-0.39, 0.29) is 5.54 Å². The lowest BCUT2D eigenvalue weighted by Crippen LogP contribution is -2.57. The van der Waals surface area contributed by atoms with Crippen molar-refractivity contribution in [1.82, 2.24) is 9.88 Å². The van der Waals surface area contributed by atoms with Crippen LogP contribution in [0.15, 0.2) is 18.5 Å². The second-order valence-corrected chi connectivity index (χ2v) is 5.34. The van der Waals surface area contributed by atoms with E-state index in [1.54, 1.807) is 0 Å². The summed E-state index contributed by atoms with van der Waals surface area (Å²) < 4.78 is 0. The lowest BCUT2D eigenvalue weighted by atomic mass is 9.99. The normalized spacial score (nSPS) is 20.4. The average molecular weight is 234 g/mol. The Bertz CT molecular complexity index is 389. The Kier molecular flexibility index (Phi) is 3.24. The number of hydrogen-bond acceptors (Lipinski definition) is 4. The predicted octanol–water partition coefficient (Wildman–Crippen LogP) is 1.65. The molecular formula is C13H22N4. The van der Waals surface area contributed by atoms with Crippen LogP contribution in [0.2, 0.25) is 0 Å². The monoisotopic (exact) mass is 234 g/mol. The van der Waals surface area contributed by atoms with Crippen molar-refractivity contribution in [2.24, 2.45) is 0 Å². The molecule has 1 aliphatic rings. The van der Waals surface area contributed by atoms with Crippen molar-refractivity contribution in [1.29, 1.82) is 0 Å². The predicted molar refractivity (Wildman–Crippen MR) is 72.7 cm³/mol. The Morgan fingerprint density at radius 2 is 2.06 bits per heavy atom. The molecule has 2 heterocycles. The molecule has 0 saturated carbocycles. The zero-order chi connectivity index (χ0) is 12.5. The Balaban J connectivity index is 2.17. The Hall–Kier alpha value is -1.29. The molecule has 4 nitrogen and oxygen atoms in total.